The number of nitrogens with zero attached hydrogens (tertiary/aromatic N) is 4. The Bertz CT molecular complexity index is 3080. The third-order valence-corrected chi connectivity index (χ3v) is 14.0. The number of pyridine rings is 2. The minimum Gasteiger partial charge on any atom is 0 e. The van der Waals surface area contributed by atoms with Crippen LogP contribution in [0.1, 0.15) is 44.4 Å². The van der Waals surface area contributed by atoms with E-state index in [0.717, 1.165) is 65.7 Å². The predicted octanol–water partition coefficient (Wildman–Crippen LogP) is 12.8. The van der Waals surface area contributed by atoms with E-state index in [0.29, 0.717) is 22.5 Å². The Morgan fingerprint density at radius 2 is 1.59 bits per heavy atom. The number of fused-ring (bicyclic) bond motifs is 4. The second-order valence-electron chi connectivity index (χ2n) is 16.4. The normalized spacial score (nSPS) is 13.5. The summed E-state index contributed by atoms with van der Waals surface area (Å²) in [6.07, 6.45) is 0.303. The number of imidazole rings is 1. The fraction of sp³-hybridized carbons (Fsp3) is 0.196. The zero-order valence-electron chi connectivity index (χ0n) is 38.7. The quantitative estimate of drug-likeness (QED) is 0.123. The number of furan rings is 1. The molecule has 58 heavy (non-hydrogen) atoms. The van der Waals surface area contributed by atoms with E-state index in [1.165, 1.54) is 6.07 Å². The van der Waals surface area contributed by atoms with Crippen LogP contribution in [0.4, 0.5) is 0 Å². The van der Waals surface area contributed by atoms with E-state index >= 15 is 0 Å². The third kappa shape index (κ3) is 8.52. The van der Waals surface area contributed by atoms with Crippen LogP contribution in [0.15, 0.2) is 138 Å². The number of rotatable bonds is 6. The van der Waals surface area contributed by atoms with Crippen LogP contribution in [0.2, 0.25) is 17.3 Å². The molecular weight excluding hydrogens is 949 g/mol. The molecule has 293 valence electrons. The van der Waals surface area contributed by atoms with Gasteiger partial charge in [-0.15, -0.1) is 18.2 Å². The summed E-state index contributed by atoms with van der Waals surface area (Å²) >= 11 is -2.36. The van der Waals surface area contributed by atoms with Gasteiger partial charge in [-0.1, -0.05) is 71.6 Å². The number of benzene rings is 5. The maximum Gasteiger partial charge on any atom is 0 e. The van der Waals surface area contributed by atoms with Gasteiger partial charge < -0.3 is 8.98 Å². The molecule has 1 radical (unpaired) electrons. The van der Waals surface area contributed by atoms with Gasteiger partial charge in [0.25, 0.3) is 0 Å². The average molecular weight is 1000 g/mol. The number of para-hydroxylation sites is 3. The summed E-state index contributed by atoms with van der Waals surface area (Å²) in [4.78, 5) is 14.3. The molecule has 9 rings (SSSR count). The molecule has 0 saturated heterocycles. The molecule has 4 heterocycles. The maximum absolute atomic E-state index is 8.80. The van der Waals surface area contributed by atoms with Crippen LogP contribution >= 0.6 is 0 Å². The van der Waals surface area contributed by atoms with Gasteiger partial charge in [-0.2, -0.15) is 0 Å². The number of hydrogen-bond acceptors (Lipinski definition) is 4. The molecule has 5 aromatic carbocycles. The van der Waals surface area contributed by atoms with Crippen molar-refractivity contribution in [2.75, 3.05) is 0 Å². The summed E-state index contributed by atoms with van der Waals surface area (Å²) < 4.78 is 49.6. The van der Waals surface area contributed by atoms with Crippen LogP contribution in [0, 0.1) is 31.3 Å². The minimum absolute atomic E-state index is 0. The topological polar surface area (TPSA) is 56.7 Å². The van der Waals surface area contributed by atoms with Crippen LogP contribution < -0.4 is 4.40 Å². The molecule has 7 heteroatoms. The van der Waals surface area contributed by atoms with Gasteiger partial charge in [0.2, 0.25) is 5.71 Å². The van der Waals surface area contributed by atoms with E-state index < -0.39 is 31.9 Å². The molecule has 0 atom stereocenters. The van der Waals surface area contributed by atoms with Gasteiger partial charge in [-0.25, -0.2) is 4.98 Å². The molecule has 5 nitrogen and oxygen atoms in total. The van der Waals surface area contributed by atoms with Crippen LogP contribution in [-0.4, -0.2) is 32.8 Å². The second-order valence-corrected chi connectivity index (χ2v) is 26.9. The minimum atomic E-state index is -2.36. The molecule has 0 aliphatic rings. The van der Waals surface area contributed by atoms with Crippen LogP contribution in [-0.2, 0) is 26.5 Å². The largest absolute Gasteiger partial charge is 0 e. The van der Waals surface area contributed by atoms with E-state index in [1.807, 2.05) is 82.4 Å². The Balaban J connectivity index is 0.000000193. The third-order valence-electron chi connectivity index (χ3n) is 9.76. The summed E-state index contributed by atoms with van der Waals surface area (Å²) in [5.41, 5.74) is 10.0. The standard InChI is InChI=1S/C31H20N3O.C20H28GeN.Ir/c1-20-18-19-24-23-13-9-14-25(29(23)35-31(24)32-20)30-33-26-15-6-8-17-28(26)34(30)27-16-7-5-12-22(27)21-10-3-2-4-11-21;1-15-8-10-16(11-9-15)19-12-17(13-20(2,3)4)18(14-22-19)21(5,6)7;/h2-13,15-19H,1H3;8-10,12,14H,13H2,1-7H3;/q2*-1;/i;1D3,13D2;. The predicted molar refractivity (Wildman–Crippen MR) is 240 cm³/mol. The van der Waals surface area contributed by atoms with Gasteiger partial charge in [0.05, 0.1) is 22.4 Å². The van der Waals surface area contributed by atoms with Crippen molar-refractivity contribution in [3.8, 4) is 39.5 Å². The molecule has 0 fully saturated rings. The van der Waals surface area contributed by atoms with Gasteiger partial charge >= 0.3 is 145 Å². The van der Waals surface area contributed by atoms with Crippen LogP contribution in [0.25, 0.3) is 72.6 Å². The molecule has 0 unspecified atom stereocenters. The zero-order chi connectivity index (χ0) is 44.2. The summed E-state index contributed by atoms with van der Waals surface area (Å²) in [6.45, 7) is 5.53. The van der Waals surface area contributed by atoms with E-state index in [1.54, 1.807) is 12.1 Å². The Hall–Kier alpha value is -5.14. The van der Waals surface area contributed by atoms with E-state index in [-0.39, 0.29) is 25.7 Å². The number of aromatic nitrogens is 4. The summed E-state index contributed by atoms with van der Waals surface area (Å²) in [5, 5.41) is 2.00. The zero-order valence-corrected chi connectivity index (χ0v) is 38.2. The first-order valence-electron chi connectivity index (χ1n) is 21.7. The van der Waals surface area contributed by atoms with Crippen LogP contribution in [0.5, 0.6) is 0 Å². The van der Waals surface area contributed by atoms with E-state index in [2.05, 4.69) is 105 Å². The van der Waals surface area contributed by atoms with Crippen molar-refractivity contribution < 1.29 is 31.4 Å². The SMILES string of the molecule is Cc1ccc2c(n1)oc1c(-c3nc4ccccc4n3-c3ccccc3-c3ccccc3)[c-]ccc12.[2H]C([2H])([2H])c1c[c-]c(-c2cc(C([2H])([2H])C(C)(C)C)[c]([Ge]([CH3])([CH3])[CH3])cn2)cc1.[Ir]. The number of aryl methyl sites for hydroxylation is 2. The van der Waals surface area contributed by atoms with Crippen molar-refractivity contribution in [2.24, 2.45) is 5.41 Å². The molecule has 0 spiro atoms. The molecule has 0 N–H and O–H groups in total. The Morgan fingerprint density at radius 3 is 2.33 bits per heavy atom. The summed E-state index contributed by atoms with van der Waals surface area (Å²) in [7, 11) is 0. The van der Waals surface area contributed by atoms with Gasteiger partial charge in [-0.05, 0) is 42.8 Å². The molecule has 0 bridgehead atoms. The molecule has 4 aromatic heterocycles. The average Bonchev–Trinajstić information content (AvgIpc) is 3.81. The van der Waals surface area contributed by atoms with Gasteiger partial charge in [0, 0.05) is 42.4 Å². The maximum atomic E-state index is 8.80. The molecule has 9 aromatic rings. The molecule has 0 saturated carbocycles. The van der Waals surface area contributed by atoms with Crippen molar-refractivity contribution >= 4 is 50.8 Å². The van der Waals surface area contributed by atoms with E-state index in [4.69, 9.17) is 16.3 Å². The Labute approximate surface area is 365 Å². The Kier molecular flexibility index (Phi) is 9.99. The van der Waals surface area contributed by atoms with Gasteiger partial charge in [0.1, 0.15) is 0 Å². The molecule has 0 aliphatic heterocycles. The molecular formula is C51H48GeIrN4O-2. The smallest absolute Gasteiger partial charge is 0 e. The Morgan fingerprint density at radius 1 is 0.828 bits per heavy atom. The van der Waals surface area contributed by atoms with Crippen molar-refractivity contribution in [3.05, 3.63) is 163 Å². The summed E-state index contributed by atoms with van der Waals surface area (Å²) in [6, 6.07) is 48.2. The van der Waals surface area contributed by atoms with Crippen molar-refractivity contribution in [1.82, 2.24) is 19.5 Å². The summed E-state index contributed by atoms with van der Waals surface area (Å²) in [5.74, 6) is 7.48. The molecule has 0 amide bonds. The van der Waals surface area contributed by atoms with Crippen molar-refractivity contribution in [1.29, 1.82) is 0 Å². The van der Waals surface area contributed by atoms with E-state index in [9.17, 15) is 0 Å². The van der Waals surface area contributed by atoms with Crippen LogP contribution in [0.3, 0.4) is 0 Å². The first kappa shape index (κ1) is 34.9. The molecule has 0 aliphatic carbocycles. The van der Waals surface area contributed by atoms with Gasteiger partial charge in [-0.3, -0.25) is 4.98 Å². The number of hydrogen-bond donors (Lipinski definition) is 0. The fourth-order valence-corrected chi connectivity index (χ4v) is 10.1. The van der Waals surface area contributed by atoms with Crippen molar-refractivity contribution in [2.45, 2.75) is 58.2 Å². The first-order chi connectivity index (χ1) is 29.3. The fourth-order valence-electron chi connectivity index (χ4n) is 7.14. The second kappa shape index (κ2) is 16.6. The monoisotopic (exact) mass is 1000 g/mol. The first-order valence-corrected chi connectivity index (χ1v) is 26.5. The van der Waals surface area contributed by atoms with Crippen molar-refractivity contribution in [3.63, 3.8) is 0 Å². The van der Waals surface area contributed by atoms with Gasteiger partial charge in [0.15, 0.2) is 0 Å².